The molecule has 0 aromatic rings. The maximum atomic E-state index is 13.2. The van der Waals surface area contributed by atoms with Gasteiger partial charge in [-0.3, -0.25) is 0 Å². The Balaban J connectivity index is 1.92. The molecule has 4 atom stereocenters. The molecule has 0 aliphatic heterocycles. The summed E-state index contributed by atoms with van der Waals surface area (Å²) in [5, 5.41) is 0. The summed E-state index contributed by atoms with van der Waals surface area (Å²) >= 11 is 0. The van der Waals surface area contributed by atoms with Crippen molar-refractivity contribution in [3.05, 3.63) is 0 Å². The van der Waals surface area contributed by atoms with Crippen molar-refractivity contribution in [1.29, 1.82) is 0 Å². The lowest BCUT2D eigenvalue weighted by Gasteiger charge is -2.39. The fourth-order valence-electron chi connectivity index (χ4n) is 4.90. The van der Waals surface area contributed by atoms with Gasteiger partial charge in [-0.25, -0.2) is 0 Å². The molecule has 3 heteroatoms. The highest BCUT2D eigenvalue weighted by atomic mass is 19.4. The summed E-state index contributed by atoms with van der Waals surface area (Å²) in [6, 6.07) is 0. The van der Waals surface area contributed by atoms with Gasteiger partial charge in [-0.15, -0.1) is 0 Å². The molecule has 124 valence electrons. The molecule has 0 spiro atoms. The van der Waals surface area contributed by atoms with Crippen LogP contribution in [0.4, 0.5) is 13.2 Å². The van der Waals surface area contributed by atoms with E-state index in [9.17, 15) is 13.2 Å². The summed E-state index contributed by atoms with van der Waals surface area (Å²) in [7, 11) is 0. The van der Waals surface area contributed by atoms with Crippen molar-refractivity contribution in [3.63, 3.8) is 0 Å². The van der Waals surface area contributed by atoms with Crippen molar-refractivity contribution < 1.29 is 13.2 Å². The minimum Gasteiger partial charge on any atom is -0.171 e. The van der Waals surface area contributed by atoms with E-state index in [1.807, 2.05) is 0 Å². The van der Waals surface area contributed by atoms with Gasteiger partial charge in [-0.1, -0.05) is 58.8 Å². The van der Waals surface area contributed by atoms with Gasteiger partial charge in [-0.05, 0) is 42.9 Å². The Labute approximate surface area is 127 Å². The summed E-state index contributed by atoms with van der Waals surface area (Å²) in [6.07, 6.45) is 6.44. The first-order valence-electron chi connectivity index (χ1n) is 8.96. The molecule has 0 aromatic carbocycles. The van der Waals surface area contributed by atoms with Gasteiger partial charge >= 0.3 is 6.18 Å². The third-order valence-corrected chi connectivity index (χ3v) is 6.17. The van der Waals surface area contributed by atoms with Crippen molar-refractivity contribution >= 4 is 0 Å². The fraction of sp³-hybridized carbons (Fsp3) is 1.00. The van der Waals surface area contributed by atoms with Crippen molar-refractivity contribution in [1.82, 2.24) is 0 Å². The Morgan fingerprint density at radius 2 is 1.38 bits per heavy atom. The molecule has 0 saturated heterocycles. The largest absolute Gasteiger partial charge is 0.392 e. The summed E-state index contributed by atoms with van der Waals surface area (Å²) in [6.45, 7) is 4.35. The lowest BCUT2D eigenvalue weighted by molar-refractivity contribution is -0.202. The van der Waals surface area contributed by atoms with E-state index in [0.717, 1.165) is 31.6 Å². The molecule has 0 N–H and O–H groups in total. The molecule has 0 aromatic heterocycles. The van der Waals surface area contributed by atoms with E-state index in [1.165, 1.54) is 32.1 Å². The minimum atomic E-state index is -3.99. The predicted octanol–water partition coefficient (Wildman–Crippen LogP) is 6.60. The monoisotopic (exact) mass is 304 g/mol. The average molecular weight is 304 g/mol. The molecule has 4 unspecified atom stereocenters. The molecule has 21 heavy (non-hydrogen) atoms. The summed E-state index contributed by atoms with van der Waals surface area (Å²) in [5.74, 6) is 0.392. The van der Waals surface area contributed by atoms with E-state index >= 15 is 0 Å². The number of halogens is 3. The van der Waals surface area contributed by atoms with Crippen LogP contribution in [-0.2, 0) is 0 Å². The van der Waals surface area contributed by atoms with E-state index in [4.69, 9.17) is 0 Å². The van der Waals surface area contributed by atoms with Crippen LogP contribution in [0.2, 0.25) is 0 Å². The van der Waals surface area contributed by atoms with Crippen LogP contribution in [0.15, 0.2) is 0 Å². The van der Waals surface area contributed by atoms with Crippen LogP contribution in [0.25, 0.3) is 0 Å². The van der Waals surface area contributed by atoms with E-state index in [0.29, 0.717) is 12.3 Å². The lowest BCUT2D eigenvalue weighted by Crippen LogP contribution is -2.37. The highest BCUT2D eigenvalue weighted by molar-refractivity contribution is 4.85. The van der Waals surface area contributed by atoms with Crippen LogP contribution in [-0.4, -0.2) is 6.18 Å². The molecule has 0 bridgehead atoms. The van der Waals surface area contributed by atoms with Gasteiger partial charge in [0.2, 0.25) is 0 Å². The van der Waals surface area contributed by atoms with Crippen LogP contribution >= 0.6 is 0 Å². The van der Waals surface area contributed by atoms with Gasteiger partial charge in [0.15, 0.2) is 0 Å². The normalized spacial score (nSPS) is 31.9. The van der Waals surface area contributed by atoms with E-state index in [1.54, 1.807) is 0 Å². The smallest absolute Gasteiger partial charge is 0.171 e. The zero-order chi connectivity index (χ0) is 15.5. The third kappa shape index (κ3) is 4.63. The third-order valence-electron chi connectivity index (χ3n) is 6.17. The van der Waals surface area contributed by atoms with Gasteiger partial charge in [0, 0.05) is 0 Å². The highest BCUT2D eigenvalue weighted by Gasteiger charge is 2.47. The van der Waals surface area contributed by atoms with E-state index in [-0.39, 0.29) is 11.8 Å². The second-order valence-electron chi connectivity index (χ2n) is 7.68. The van der Waals surface area contributed by atoms with Crippen molar-refractivity contribution in [3.8, 4) is 0 Å². The van der Waals surface area contributed by atoms with E-state index in [2.05, 4.69) is 13.8 Å². The second kappa shape index (κ2) is 7.37. The molecule has 2 aliphatic carbocycles. The molecular weight excluding hydrogens is 273 g/mol. The zero-order valence-electron chi connectivity index (χ0n) is 13.6. The SMILES string of the molecule is CC(CC(C)C1CCCCC1C(F)(F)F)C1CCCCC1. The molecule has 0 amide bonds. The molecule has 2 fully saturated rings. The molecule has 0 radical (unpaired) electrons. The first-order chi connectivity index (χ1) is 9.89. The summed E-state index contributed by atoms with van der Waals surface area (Å²) < 4.78 is 39.7. The predicted molar refractivity (Wildman–Crippen MR) is 81.0 cm³/mol. The number of alkyl halides is 3. The molecule has 2 saturated carbocycles. The van der Waals surface area contributed by atoms with Gasteiger partial charge in [0.25, 0.3) is 0 Å². The topological polar surface area (TPSA) is 0 Å². The first-order valence-corrected chi connectivity index (χ1v) is 8.96. The molecule has 0 nitrogen and oxygen atoms in total. The molecule has 2 rings (SSSR count). The zero-order valence-corrected chi connectivity index (χ0v) is 13.6. The van der Waals surface area contributed by atoms with Crippen molar-refractivity contribution in [2.75, 3.05) is 0 Å². The second-order valence-corrected chi connectivity index (χ2v) is 7.68. The summed E-state index contributed by atoms with van der Waals surface area (Å²) in [4.78, 5) is 0. The Morgan fingerprint density at radius 3 is 2.00 bits per heavy atom. The van der Waals surface area contributed by atoms with Gasteiger partial charge < -0.3 is 0 Å². The lowest BCUT2D eigenvalue weighted by atomic mass is 9.68. The average Bonchev–Trinajstić information content (AvgIpc) is 2.47. The van der Waals surface area contributed by atoms with Crippen LogP contribution in [0.3, 0.4) is 0 Å². The van der Waals surface area contributed by atoms with Crippen molar-refractivity contribution in [2.24, 2.45) is 29.6 Å². The maximum absolute atomic E-state index is 13.2. The fourth-order valence-corrected chi connectivity index (χ4v) is 4.90. The van der Waals surface area contributed by atoms with Crippen LogP contribution in [0.1, 0.15) is 78.1 Å². The Kier molecular flexibility index (Phi) is 6.02. The first kappa shape index (κ1) is 17.1. The molecule has 2 aliphatic rings. The van der Waals surface area contributed by atoms with Crippen LogP contribution in [0, 0.1) is 29.6 Å². The Hall–Kier alpha value is -0.210. The van der Waals surface area contributed by atoms with E-state index < -0.39 is 12.1 Å². The quantitative estimate of drug-likeness (QED) is 0.549. The number of hydrogen-bond donors (Lipinski definition) is 0. The van der Waals surface area contributed by atoms with Gasteiger partial charge in [0.05, 0.1) is 5.92 Å². The van der Waals surface area contributed by atoms with Gasteiger partial charge in [-0.2, -0.15) is 13.2 Å². The standard InChI is InChI=1S/C18H31F3/c1-13(15-8-4-3-5-9-15)12-14(2)16-10-6-7-11-17(16)18(19,20)21/h13-17H,3-12H2,1-2H3. The minimum absolute atomic E-state index is 0.134. The Morgan fingerprint density at radius 1 is 0.810 bits per heavy atom. The number of rotatable bonds is 4. The van der Waals surface area contributed by atoms with Crippen LogP contribution in [0.5, 0.6) is 0 Å². The summed E-state index contributed by atoms with van der Waals surface area (Å²) in [5.41, 5.74) is 0. The number of hydrogen-bond acceptors (Lipinski definition) is 0. The highest BCUT2D eigenvalue weighted by Crippen LogP contribution is 2.46. The van der Waals surface area contributed by atoms with Crippen LogP contribution < -0.4 is 0 Å². The maximum Gasteiger partial charge on any atom is 0.392 e. The molecule has 0 heterocycles. The van der Waals surface area contributed by atoms with Crippen molar-refractivity contribution in [2.45, 2.75) is 84.2 Å². The Bertz CT molecular complexity index is 304. The van der Waals surface area contributed by atoms with Gasteiger partial charge in [0.1, 0.15) is 0 Å². The molecular formula is C18H31F3.